The lowest BCUT2D eigenvalue weighted by atomic mass is 10.0. The van der Waals surface area contributed by atoms with Crippen molar-refractivity contribution in [2.24, 2.45) is 0 Å². The molecule has 0 aromatic rings. The van der Waals surface area contributed by atoms with E-state index in [1.54, 1.807) is 6.08 Å². The van der Waals surface area contributed by atoms with Crippen molar-refractivity contribution >= 4 is 5.97 Å². The van der Waals surface area contributed by atoms with Crippen molar-refractivity contribution in [1.82, 2.24) is 5.32 Å². The van der Waals surface area contributed by atoms with Crippen molar-refractivity contribution in [3.8, 4) is 0 Å². The van der Waals surface area contributed by atoms with E-state index in [-0.39, 0.29) is 12.0 Å². The van der Waals surface area contributed by atoms with Crippen LogP contribution in [0.15, 0.2) is 24.8 Å². The Bertz CT molecular complexity index is 254. The predicted octanol–water partition coefficient (Wildman–Crippen LogP) is 0.909. The summed E-state index contributed by atoms with van der Waals surface area (Å²) >= 11 is 0. The Hall–Kier alpha value is -1.13. The summed E-state index contributed by atoms with van der Waals surface area (Å²) in [4.78, 5) is 10.6. The first-order valence-electron chi connectivity index (χ1n) is 4.50. The normalized spacial score (nSPS) is 26.0. The van der Waals surface area contributed by atoms with Crippen molar-refractivity contribution < 1.29 is 14.6 Å². The van der Waals surface area contributed by atoms with E-state index >= 15 is 0 Å². The van der Waals surface area contributed by atoms with E-state index < -0.39 is 11.7 Å². The molecule has 4 heteroatoms. The highest BCUT2D eigenvalue weighted by molar-refractivity contribution is 5.85. The lowest BCUT2D eigenvalue weighted by Gasteiger charge is -2.27. The first-order chi connectivity index (χ1) is 6.59. The third-order valence-electron chi connectivity index (χ3n) is 2.20. The molecule has 4 nitrogen and oxygen atoms in total. The Labute approximate surface area is 83.3 Å². The molecule has 0 aliphatic carbocycles. The molecular formula is C10H15NO3. The molecule has 0 aromatic heterocycles. The van der Waals surface area contributed by atoms with Crippen molar-refractivity contribution in [2.45, 2.75) is 18.6 Å². The molecule has 1 unspecified atom stereocenters. The summed E-state index contributed by atoms with van der Waals surface area (Å²) < 4.78 is 5.50. The van der Waals surface area contributed by atoms with Crippen LogP contribution < -0.4 is 5.32 Å². The molecule has 0 aromatic carbocycles. The molecule has 1 rings (SSSR count). The molecule has 0 saturated carbocycles. The summed E-state index contributed by atoms with van der Waals surface area (Å²) in [6, 6.07) is 0. The van der Waals surface area contributed by atoms with Gasteiger partial charge in [0, 0.05) is 25.0 Å². The summed E-state index contributed by atoms with van der Waals surface area (Å²) in [6.07, 6.45) is 2.58. The molecule has 1 atom stereocenters. The summed E-state index contributed by atoms with van der Waals surface area (Å²) in [6.45, 7) is 8.45. The number of nitrogens with one attached hydrogen (secondary N) is 1. The van der Waals surface area contributed by atoms with Gasteiger partial charge in [-0.1, -0.05) is 12.7 Å². The third kappa shape index (κ3) is 2.43. The third-order valence-corrected chi connectivity index (χ3v) is 2.20. The number of carboxylic acids is 1. The van der Waals surface area contributed by atoms with Gasteiger partial charge in [0.25, 0.3) is 0 Å². The van der Waals surface area contributed by atoms with E-state index in [0.717, 1.165) is 6.54 Å². The van der Waals surface area contributed by atoms with Crippen LogP contribution in [0, 0.1) is 0 Å². The van der Waals surface area contributed by atoms with E-state index in [2.05, 4.69) is 18.5 Å². The second-order valence-electron chi connectivity index (χ2n) is 3.35. The number of hydrogen-bond acceptors (Lipinski definition) is 3. The van der Waals surface area contributed by atoms with E-state index in [1.165, 1.54) is 0 Å². The summed E-state index contributed by atoms with van der Waals surface area (Å²) in [7, 11) is 0. The van der Waals surface area contributed by atoms with Gasteiger partial charge in [-0.3, -0.25) is 5.32 Å². The molecular weight excluding hydrogens is 182 g/mol. The number of rotatable bonds is 5. The van der Waals surface area contributed by atoms with Gasteiger partial charge >= 0.3 is 5.97 Å². The highest BCUT2D eigenvalue weighted by Gasteiger charge is 2.35. The smallest absolute Gasteiger partial charge is 0.331 e. The van der Waals surface area contributed by atoms with Crippen LogP contribution in [0.25, 0.3) is 0 Å². The van der Waals surface area contributed by atoms with Crippen LogP contribution in [0.1, 0.15) is 12.8 Å². The van der Waals surface area contributed by atoms with Gasteiger partial charge < -0.3 is 9.84 Å². The minimum atomic E-state index is -0.981. The fourth-order valence-corrected chi connectivity index (χ4v) is 1.55. The number of carbonyl (C=O) groups is 1. The zero-order chi connectivity index (χ0) is 10.6. The molecule has 2 N–H and O–H groups in total. The highest BCUT2D eigenvalue weighted by Crippen LogP contribution is 2.25. The maximum atomic E-state index is 10.6. The first-order valence-corrected chi connectivity index (χ1v) is 4.50. The lowest BCUT2D eigenvalue weighted by molar-refractivity contribution is -0.133. The van der Waals surface area contributed by atoms with Gasteiger partial charge in [-0.15, -0.1) is 6.58 Å². The zero-order valence-electron chi connectivity index (χ0n) is 8.08. The van der Waals surface area contributed by atoms with Crippen LogP contribution in [0.2, 0.25) is 0 Å². The second-order valence-corrected chi connectivity index (χ2v) is 3.35. The summed E-state index contributed by atoms with van der Waals surface area (Å²) in [5.74, 6) is -0.981. The van der Waals surface area contributed by atoms with Crippen molar-refractivity contribution in [3.63, 3.8) is 0 Å². The Morgan fingerprint density at radius 2 is 2.43 bits per heavy atom. The average Bonchev–Trinajstić information content (AvgIpc) is 2.54. The molecule has 0 spiro atoms. The van der Waals surface area contributed by atoms with Gasteiger partial charge in [0.15, 0.2) is 0 Å². The highest BCUT2D eigenvalue weighted by atomic mass is 16.5. The Morgan fingerprint density at radius 3 is 2.86 bits per heavy atom. The number of aliphatic carboxylic acids is 1. The number of carboxylic acid groups (broad SMARTS) is 1. The van der Waals surface area contributed by atoms with Crippen LogP contribution in [-0.2, 0) is 9.53 Å². The Morgan fingerprint density at radius 1 is 1.71 bits per heavy atom. The van der Waals surface area contributed by atoms with Gasteiger partial charge in [-0.25, -0.2) is 4.79 Å². The van der Waals surface area contributed by atoms with Crippen molar-refractivity contribution in [2.75, 3.05) is 13.2 Å². The van der Waals surface area contributed by atoms with E-state index in [1.807, 2.05) is 0 Å². The lowest BCUT2D eigenvalue weighted by Crippen LogP contribution is -2.41. The quantitative estimate of drug-likeness (QED) is 0.508. The summed E-state index contributed by atoms with van der Waals surface area (Å²) in [5.41, 5.74) is -0.446. The minimum Gasteiger partial charge on any atom is -0.478 e. The van der Waals surface area contributed by atoms with E-state index in [0.29, 0.717) is 13.0 Å². The van der Waals surface area contributed by atoms with E-state index in [9.17, 15) is 4.79 Å². The molecule has 14 heavy (non-hydrogen) atoms. The minimum absolute atomic E-state index is 0.154. The molecule has 1 heterocycles. The van der Waals surface area contributed by atoms with E-state index in [4.69, 9.17) is 9.84 Å². The predicted molar refractivity (Wildman–Crippen MR) is 52.9 cm³/mol. The topological polar surface area (TPSA) is 58.6 Å². The second kappa shape index (κ2) is 4.39. The SMILES string of the molecule is C=CCC1(CC(=C)C(=O)O)NCCO1. The fourth-order valence-electron chi connectivity index (χ4n) is 1.55. The van der Waals surface area contributed by atoms with Gasteiger partial charge in [0.2, 0.25) is 0 Å². The fraction of sp³-hybridized carbons (Fsp3) is 0.500. The van der Waals surface area contributed by atoms with Gasteiger partial charge in [-0.05, 0) is 0 Å². The first kappa shape index (κ1) is 10.9. The van der Waals surface area contributed by atoms with Gasteiger partial charge in [-0.2, -0.15) is 0 Å². The number of ether oxygens (including phenoxy) is 1. The average molecular weight is 197 g/mol. The molecule has 1 saturated heterocycles. The van der Waals surface area contributed by atoms with Crippen molar-refractivity contribution in [3.05, 3.63) is 24.8 Å². The van der Waals surface area contributed by atoms with Crippen LogP contribution in [0.3, 0.4) is 0 Å². The molecule has 1 fully saturated rings. The number of hydrogen-bond donors (Lipinski definition) is 2. The standard InChI is InChI=1S/C10H15NO3/c1-3-4-10(11-5-6-14-10)7-8(2)9(12)13/h3,11H,1-2,4-7H2,(H,12,13). The Balaban J connectivity index is 2.64. The largest absolute Gasteiger partial charge is 0.478 e. The molecule has 78 valence electrons. The Kier molecular flexibility index (Phi) is 3.43. The van der Waals surface area contributed by atoms with Crippen LogP contribution in [0.4, 0.5) is 0 Å². The van der Waals surface area contributed by atoms with Crippen LogP contribution >= 0.6 is 0 Å². The van der Waals surface area contributed by atoms with Crippen molar-refractivity contribution in [1.29, 1.82) is 0 Å². The molecule has 0 bridgehead atoms. The molecule has 0 amide bonds. The van der Waals surface area contributed by atoms with Gasteiger partial charge in [0.05, 0.1) is 6.61 Å². The maximum Gasteiger partial charge on any atom is 0.331 e. The van der Waals surface area contributed by atoms with Gasteiger partial charge in [0.1, 0.15) is 5.72 Å². The van der Waals surface area contributed by atoms with Crippen LogP contribution in [-0.4, -0.2) is 30.0 Å². The zero-order valence-corrected chi connectivity index (χ0v) is 8.08. The molecule has 0 radical (unpaired) electrons. The molecule has 1 aliphatic heterocycles. The summed E-state index contributed by atoms with van der Waals surface area (Å²) in [5, 5.41) is 11.9. The monoisotopic (exact) mass is 197 g/mol. The van der Waals surface area contributed by atoms with Crippen LogP contribution in [0.5, 0.6) is 0 Å². The maximum absolute atomic E-state index is 10.6. The molecule has 1 aliphatic rings.